The summed E-state index contributed by atoms with van der Waals surface area (Å²) in [5.74, 6) is -1.31. The van der Waals surface area contributed by atoms with Crippen molar-refractivity contribution in [1.82, 2.24) is 19.9 Å². The van der Waals surface area contributed by atoms with E-state index in [9.17, 15) is 19.6 Å². The van der Waals surface area contributed by atoms with E-state index in [2.05, 4.69) is 10.3 Å². The van der Waals surface area contributed by atoms with Gasteiger partial charge in [0.2, 0.25) is 0 Å². The number of aryl methyl sites for hydroxylation is 1. The molecule has 2 saturated heterocycles. The molecule has 7 rings (SSSR count). The number of carbonyl (C=O) groups is 1. The Labute approximate surface area is 247 Å². The zero-order chi connectivity index (χ0) is 30.0. The lowest BCUT2D eigenvalue weighted by Gasteiger charge is -2.38. The van der Waals surface area contributed by atoms with Gasteiger partial charge in [0.15, 0.2) is 0 Å². The molecule has 2 unspecified atom stereocenters. The molecule has 2 bridgehead atoms. The second kappa shape index (κ2) is 10.2. The Bertz CT molecular complexity index is 1810. The quantitative estimate of drug-likeness (QED) is 0.332. The minimum absolute atomic E-state index is 0.0804. The highest BCUT2D eigenvalue weighted by molar-refractivity contribution is 5.99. The fraction of sp³-hybridized carbons (Fsp3) is 0.394. The van der Waals surface area contributed by atoms with Crippen molar-refractivity contribution in [2.75, 3.05) is 0 Å². The number of carbonyl (C=O) groups excluding carboxylic acids is 1. The molecule has 1 amide bonds. The fourth-order valence-electron chi connectivity index (χ4n) is 7.27. The van der Waals surface area contributed by atoms with E-state index in [0.717, 1.165) is 32.1 Å². The van der Waals surface area contributed by atoms with Crippen LogP contribution in [-0.4, -0.2) is 54.6 Å². The van der Waals surface area contributed by atoms with E-state index in [0.29, 0.717) is 51.7 Å². The highest BCUT2D eigenvalue weighted by Gasteiger charge is 2.42. The highest BCUT2D eigenvalue weighted by atomic mass is 19.1. The molecular formula is C33H32F2N6O2. The molecule has 43 heavy (non-hydrogen) atoms. The maximum atomic E-state index is 16.3. The normalized spacial score (nSPS) is 22.4. The fourth-order valence-corrected chi connectivity index (χ4v) is 7.27. The van der Waals surface area contributed by atoms with E-state index in [1.165, 1.54) is 12.1 Å². The summed E-state index contributed by atoms with van der Waals surface area (Å²) in [5, 5.41) is 28.5. The van der Waals surface area contributed by atoms with E-state index in [-0.39, 0.29) is 41.7 Å². The van der Waals surface area contributed by atoms with E-state index in [1.807, 2.05) is 11.0 Å². The first-order valence-corrected chi connectivity index (χ1v) is 14.8. The van der Waals surface area contributed by atoms with Crippen molar-refractivity contribution >= 4 is 16.9 Å². The molecule has 10 heteroatoms. The van der Waals surface area contributed by atoms with Crippen molar-refractivity contribution < 1.29 is 18.7 Å². The third kappa shape index (κ3) is 4.58. The average Bonchev–Trinajstić information content (AvgIpc) is 3.50. The van der Waals surface area contributed by atoms with Gasteiger partial charge >= 0.3 is 0 Å². The Morgan fingerprint density at radius 1 is 1.09 bits per heavy atom. The molecule has 220 valence electrons. The lowest BCUT2D eigenvalue weighted by atomic mass is 9.80. The molecule has 3 heterocycles. The molecule has 1 saturated carbocycles. The maximum Gasteiger partial charge on any atom is 0.254 e. The molecule has 3 N–H and O–H groups in total. The molecule has 0 spiro atoms. The molecule has 1 aliphatic carbocycles. The molecule has 3 aliphatic rings. The number of nitrogens with two attached hydrogens (primary N) is 1. The second-order valence-electron chi connectivity index (χ2n) is 12.5. The molecule has 4 aromatic rings. The van der Waals surface area contributed by atoms with Crippen LogP contribution in [0.1, 0.15) is 66.4 Å². The Balaban J connectivity index is 1.35. The number of amides is 1. The van der Waals surface area contributed by atoms with Gasteiger partial charge in [0.1, 0.15) is 23.2 Å². The van der Waals surface area contributed by atoms with Crippen LogP contribution in [0.4, 0.5) is 8.78 Å². The SMILES string of the molecule is Cc1c(F)c(-c2ccc(C(=O)N3C4CCC3CC(N)C4)cc2-c2ccc(C#N)c(F)c2)cc2nnn(CC3(O)CCC3)c12. The summed E-state index contributed by atoms with van der Waals surface area (Å²) in [6.45, 7) is 1.89. The van der Waals surface area contributed by atoms with Crippen molar-refractivity contribution in [2.45, 2.75) is 82.1 Å². The molecule has 2 atom stereocenters. The van der Waals surface area contributed by atoms with Crippen LogP contribution in [0.5, 0.6) is 0 Å². The van der Waals surface area contributed by atoms with Crippen molar-refractivity contribution in [3.8, 4) is 28.3 Å². The minimum Gasteiger partial charge on any atom is -0.388 e. The van der Waals surface area contributed by atoms with Gasteiger partial charge in [-0.1, -0.05) is 17.3 Å². The summed E-state index contributed by atoms with van der Waals surface area (Å²) in [7, 11) is 0. The molecule has 8 nitrogen and oxygen atoms in total. The molecule has 1 aromatic heterocycles. The maximum absolute atomic E-state index is 16.3. The zero-order valence-corrected chi connectivity index (χ0v) is 23.9. The van der Waals surface area contributed by atoms with Crippen LogP contribution in [0.15, 0.2) is 42.5 Å². The largest absolute Gasteiger partial charge is 0.388 e. The second-order valence-corrected chi connectivity index (χ2v) is 12.5. The summed E-state index contributed by atoms with van der Waals surface area (Å²) in [4.78, 5) is 15.8. The number of rotatable bonds is 5. The smallest absolute Gasteiger partial charge is 0.254 e. The predicted octanol–water partition coefficient (Wildman–Crippen LogP) is 5.23. The Morgan fingerprint density at radius 3 is 2.49 bits per heavy atom. The van der Waals surface area contributed by atoms with Gasteiger partial charge in [0.05, 0.1) is 23.2 Å². The van der Waals surface area contributed by atoms with Gasteiger partial charge in [-0.2, -0.15) is 5.26 Å². The molecule has 0 radical (unpaired) electrons. The number of benzene rings is 3. The monoisotopic (exact) mass is 582 g/mol. The van der Waals surface area contributed by atoms with Crippen molar-refractivity contribution in [3.63, 3.8) is 0 Å². The van der Waals surface area contributed by atoms with E-state index in [4.69, 9.17) is 5.73 Å². The number of nitriles is 1. The van der Waals surface area contributed by atoms with E-state index in [1.54, 1.807) is 41.9 Å². The van der Waals surface area contributed by atoms with Gasteiger partial charge in [-0.15, -0.1) is 5.10 Å². The molecule has 3 aromatic carbocycles. The van der Waals surface area contributed by atoms with Crippen LogP contribution in [0.3, 0.4) is 0 Å². The summed E-state index contributed by atoms with van der Waals surface area (Å²) in [6.07, 6.45) is 5.61. The van der Waals surface area contributed by atoms with Crippen LogP contribution < -0.4 is 5.73 Å². The van der Waals surface area contributed by atoms with Gasteiger partial charge in [-0.3, -0.25) is 4.79 Å². The number of hydrogen-bond acceptors (Lipinski definition) is 6. The summed E-state index contributed by atoms with van der Waals surface area (Å²) >= 11 is 0. The van der Waals surface area contributed by atoms with Crippen molar-refractivity contribution in [2.24, 2.45) is 5.73 Å². The van der Waals surface area contributed by atoms with Gasteiger partial charge in [0, 0.05) is 34.8 Å². The number of hydrogen-bond donors (Lipinski definition) is 2. The third-order valence-corrected chi connectivity index (χ3v) is 9.65. The third-order valence-electron chi connectivity index (χ3n) is 9.65. The highest BCUT2D eigenvalue weighted by Crippen LogP contribution is 2.41. The van der Waals surface area contributed by atoms with Crippen LogP contribution in [0, 0.1) is 29.9 Å². The predicted molar refractivity (Wildman–Crippen MR) is 157 cm³/mol. The van der Waals surface area contributed by atoms with E-state index < -0.39 is 17.2 Å². The number of halogens is 2. The Morgan fingerprint density at radius 2 is 1.84 bits per heavy atom. The van der Waals surface area contributed by atoms with Crippen molar-refractivity contribution in [1.29, 1.82) is 5.26 Å². The standard InChI is InChI=1S/C33H32F2N6O2/c1-18-30(35)27(15-29-31(18)40(39-38-29)17-33(43)9-2-10-33)25-8-5-20(11-26(25)19-3-4-21(16-36)28(34)12-19)32(42)41-23-6-7-24(41)14-22(37)13-23/h3-5,8,11-12,15,22-24,43H,2,6-7,9-10,13-14,17,37H2,1H3. The van der Waals surface area contributed by atoms with Crippen LogP contribution in [0.2, 0.25) is 0 Å². The van der Waals surface area contributed by atoms with Crippen molar-refractivity contribution in [3.05, 3.63) is 70.8 Å². The first-order valence-electron chi connectivity index (χ1n) is 14.8. The minimum atomic E-state index is -0.865. The summed E-state index contributed by atoms with van der Waals surface area (Å²) < 4.78 is 32.7. The van der Waals surface area contributed by atoms with E-state index >= 15 is 4.39 Å². The number of fused-ring (bicyclic) bond motifs is 3. The Hall–Kier alpha value is -4.20. The first kappa shape index (κ1) is 27.6. The lowest BCUT2D eigenvalue weighted by Crippen LogP contribution is -2.50. The van der Waals surface area contributed by atoms with Gasteiger partial charge < -0.3 is 15.7 Å². The lowest BCUT2D eigenvalue weighted by molar-refractivity contribution is -0.0492. The molecule has 3 fully saturated rings. The number of piperidine rings is 1. The number of nitrogens with zero attached hydrogens (tertiary/aromatic N) is 5. The van der Waals surface area contributed by atoms with Gasteiger partial charge in [-0.05, 0) is 98.9 Å². The topological polar surface area (TPSA) is 121 Å². The van der Waals surface area contributed by atoms with Crippen LogP contribution in [-0.2, 0) is 6.54 Å². The van der Waals surface area contributed by atoms with Crippen LogP contribution in [0.25, 0.3) is 33.3 Å². The van der Waals surface area contributed by atoms with Gasteiger partial charge in [-0.25, -0.2) is 13.5 Å². The van der Waals surface area contributed by atoms with Crippen LogP contribution >= 0.6 is 0 Å². The molecular weight excluding hydrogens is 550 g/mol. The number of aromatic nitrogens is 3. The first-order chi connectivity index (χ1) is 20.7. The zero-order valence-electron chi connectivity index (χ0n) is 23.9. The number of aliphatic hydroxyl groups is 1. The van der Waals surface area contributed by atoms with Gasteiger partial charge in [0.25, 0.3) is 5.91 Å². The Kier molecular flexibility index (Phi) is 6.56. The summed E-state index contributed by atoms with van der Waals surface area (Å²) in [6, 6.07) is 13.0. The molecule has 2 aliphatic heterocycles. The summed E-state index contributed by atoms with van der Waals surface area (Å²) in [5.41, 5.74) is 8.57. The average molecular weight is 583 g/mol.